The molecule has 3 radical (unpaired) electrons. The van der Waals surface area contributed by atoms with E-state index in [9.17, 15) is 0 Å². The molecule has 0 atom stereocenters. The quantitative estimate of drug-likeness (QED) is 0.254. The SMILES string of the molecule is O.O.O.O.O.O=P([O-])([O-])[O-].O=P([O-])([O-])[O-].[Mn+2].[Mn+2].[Mn+2]. The van der Waals surface area contributed by atoms with E-state index in [2.05, 4.69) is 0 Å². The Morgan fingerprint density at radius 1 is 0.444 bits per heavy atom. The Labute approximate surface area is 132 Å². The summed E-state index contributed by atoms with van der Waals surface area (Å²) < 4.78 is 17.1. The van der Waals surface area contributed by atoms with Crippen LogP contribution in [-0.4, -0.2) is 27.4 Å². The first kappa shape index (κ1) is 73.7. The summed E-state index contributed by atoms with van der Waals surface area (Å²) in [6.07, 6.45) is 0. The smallest absolute Gasteiger partial charge is 0.822 e. The van der Waals surface area contributed by atoms with Gasteiger partial charge in [0.15, 0.2) is 0 Å². The van der Waals surface area contributed by atoms with Crippen molar-refractivity contribution < 1.29 is 117 Å². The Kier molecular flexibility index (Phi) is 127. The number of hydrogen-bond acceptors (Lipinski definition) is 8. The molecule has 0 bridgehead atoms. The molecular weight excluding hydrogens is 435 g/mol. The maximum absolute atomic E-state index is 8.55. The second-order valence-electron chi connectivity index (χ2n) is 0.894. The van der Waals surface area contributed by atoms with Gasteiger partial charge in [0.1, 0.15) is 0 Å². The van der Waals surface area contributed by atoms with Crippen LogP contribution in [0.3, 0.4) is 0 Å². The zero-order chi connectivity index (χ0) is 9.00. The van der Waals surface area contributed by atoms with Gasteiger partial charge < -0.3 is 65.9 Å². The second-order valence-corrected chi connectivity index (χ2v) is 2.68. The molecule has 0 heterocycles. The van der Waals surface area contributed by atoms with Crippen LogP contribution in [0.2, 0.25) is 0 Å². The molecule has 18 heavy (non-hydrogen) atoms. The topological polar surface area (TPSA) is 330 Å². The van der Waals surface area contributed by atoms with Crippen LogP contribution in [0.25, 0.3) is 0 Å². The van der Waals surface area contributed by atoms with Gasteiger partial charge in [-0.2, -0.15) is 15.6 Å². The minimum atomic E-state index is -5.39. The fraction of sp³-hybridized carbons (Fsp3) is 0. The van der Waals surface area contributed by atoms with Crippen molar-refractivity contribution in [3.63, 3.8) is 0 Å². The maximum Gasteiger partial charge on any atom is 2.00 e. The standard InChI is InChI=1S/3Mn.2H3O4P.5H2O/c;;;2*1-5(2,3)4;;;;;/h;;;2*(H3,1,2,3,4);5*1H2/q3*+2;;;;;;;/p-6. The summed E-state index contributed by atoms with van der Waals surface area (Å²) in [7, 11) is -10.8. The van der Waals surface area contributed by atoms with Gasteiger partial charge in [-0.15, -0.1) is 0 Å². The first-order valence-corrected chi connectivity index (χ1v) is 4.38. The van der Waals surface area contributed by atoms with Crippen molar-refractivity contribution in [2.45, 2.75) is 0 Å². The van der Waals surface area contributed by atoms with Crippen molar-refractivity contribution in [3.05, 3.63) is 0 Å². The van der Waals surface area contributed by atoms with E-state index in [4.69, 9.17) is 38.5 Å². The first-order valence-electron chi connectivity index (χ1n) is 1.46. The van der Waals surface area contributed by atoms with Crippen LogP contribution in [0.5, 0.6) is 0 Å². The third-order valence-corrected chi connectivity index (χ3v) is 0. The summed E-state index contributed by atoms with van der Waals surface area (Å²) >= 11 is 0. The van der Waals surface area contributed by atoms with Gasteiger partial charge in [0.05, 0.1) is 0 Å². The molecule has 18 heteroatoms. The summed E-state index contributed by atoms with van der Waals surface area (Å²) in [6.45, 7) is 0. The van der Waals surface area contributed by atoms with Gasteiger partial charge in [-0.3, -0.25) is 0 Å². The Hall–Kier alpha value is 1.58. The minimum Gasteiger partial charge on any atom is -0.822 e. The van der Waals surface area contributed by atoms with Crippen molar-refractivity contribution in [1.82, 2.24) is 0 Å². The largest absolute Gasteiger partial charge is 2.00 e. The second kappa shape index (κ2) is 31.1. The molecule has 0 saturated carbocycles. The molecule has 0 aromatic rings. The zero-order valence-corrected chi connectivity index (χ0v) is 13.1. The summed E-state index contributed by atoms with van der Waals surface area (Å²) in [5.41, 5.74) is 0. The molecule has 0 aliphatic carbocycles. The van der Waals surface area contributed by atoms with Crippen LogP contribution >= 0.6 is 15.6 Å². The van der Waals surface area contributed by atoms with Crippen LogP contribution in [0, 0.1) is 0 Å². The van der Waals surface area contributed by atoms with Crippen LogP contribution in [-0.2, 0) is 60.3 Å². The van der Waals surface area contributed by atoms with Gasteiger partial charge in [0, 0.05) is 0 Å². The molecule has 0 aromatic heterocycles. The van der Waals surface area contributed by atoms with Crippen LogP contribution < -0.4 is 29.4 Å². The average Bonchev–Trinajstić information content (AvgIpc) is 1.12. The molecule has 13 nitrogen and oxygen atoms in total. The van der Waals surface area contributed by atoms with Crippen LogP contribution in [0.15, 0.2) is 0 Å². The van der Waals surface area contributed by atoms with E-state index in [1.165, 1.54) is 0 Å². The molecule has 0 aliphatic rings. The molecule has 0 amide bonds. The van der Waals surface area contributed by atoms with Crippen molar-refractivity contribution in [1.29, 1.82) is 0 Å². The number of rotatable bonds is 0. The molecular formula is H10Mn3O13P2. The minimum absolute atomic E-state index is 0. The average molecular weight is 445 g/mol. The van der Waals surface area contributed by atoms with E-state index in [0.717, 1.165) is 0 Å². The molecule has 0 saturated heterocycles. The van der Waals surface area contributed by atoms with Gasteiger partial charge >= 0.3 is 51.2 Å². The van der Waals surface area contributed by atoms with E-state index in [-0.39, 0.29) is 78.6 Å². The Balaban J connectivity index is -0.00000000615. The molecule has 0 aliphatic heterocycles. The first-order chi connectivity index (χ1) is 4.00. The van der Waals surface area contributed by atoms with Gasteiger partial charge in [-0.1, -0.05) is 0 Å². The Bertz CT molecular complexity index is 133. The monoisotopic (exact) mass is 445 g/mol. The molecule has 0 fully saturated rings. The normalized spacial score (nSPS) is 6.56. The van der Waals surface area contributed by atoms with Gasteiger partial charge in [0.25, 0.3) is 0 Å². The van der Waals surface area contributed by atoms with Crippen molar-refractivity contribution in [2.75, 3.05) is 0 Å². The van der Waals surface area contributed by atoms with Crippen molar-refractivity contribution >= 4 is 15.6 Å². The summed E-state index contributed by atoms with van der Waals surface area (Å²) in [5, 5.41) is 0. The van der Waals surface area contributed by atoms with Crippen LogP contribution in [0.4, 0.5) is 0 Å². The fourth-order valence-corrected chi connectivity index (χ4v) is 0. The molecule has 0 spiro atoms. The van der Waals surface area contributed by atoms with Gasteiger partial charge in [-0.05, 0) is 0 Å². The third kappa shape index (κ3) is 1940. The summed E-state index contributed by atoms with van der Waals surface area (Å²) in [4.78, 5) is 51.3. The van der Waals surface area contributed by atoms with E-state index in [0.29, 0.717) is 0 Å². The fourth-order valence-electron chi connectivity index (χ4n) is 0. The molecule has 10 N–H and O–H groups in total. The third-order valence-electron chi connectivity index (χ3n) is 0. The van der Waals surface area contributed by atoms with E-state index >= 15 is 0 Å². The molecule has 0 unspecified atom stereocenters. The van der Waals surface area contributed by atoms with E-state index in [1.807, 2.05) is 0 Å². The number of phosphoric acid groups is 2. The molecule has 119 valence electrons. The van der Waals surface area contributed by atoms with Gasteiger partial charge in [0.2, 0.25) is 0 Å². The number of hydrogen-bond donors (Lipinski definition) is 0. The van der Waals surface area contributed by atoms with Crippen molar-refractivity contribution in [3.8, 4) is 0 Å². The zero-order valence-electron chi connectivity index (χ0n) is 7.79. The maximum atomic E-state index is 8.55. The Morgan fingerprint density at radius 3 is 0.444 bits per heavy atom. The van der Waals surface area contributed by atoms with E-state index in [1.54, 1.807) is 0 Å². The predicted molar refractivity (Wildman–Crippen MR) is 33.3 cm³/mol. The van der Waals surface area contributed by atoms with Crippen molar-refractivity contribution in [2.24, 2.45) is 0 Å². The van der Waals surface area contributed by atoms with Gasteiger partial charge in [-0.25, -0.2) is 0 Å². The molecule has 0 aromatic carbocycles. The molecule has 0 rings (SSSR count). The summed E-state index contributed by atoms with van der Waals surface area (Å²) in [6, 6.07) is 0. The Morgan fingerprint density at radius 2 is 0.444 bits per heavy atom. The summed E-state index contributed by atoms with van der Waals surface area (Å²) in [5.74, 6) is 0. The van der Waals surface area contributed by atoms with E-state index < -0.39 is 15.6 Å². The van der Waals surface area contributed by atoms with Crippen LogP contribution in [0.1, 0.15) is 0 Å². The predicted octanol–water partition coefficient (Wildman–Crippen LogP) is -9.78.